The number of hydrogen-bond acceptors (Lipinski definition) is 2. The average Bonchev–Trinajstić information content (AvgIpc) is 2.28. The highest BCUT2D eigenvalue weighted by Crippen LogP contribution is 2.28. The van der Waals surface area contributed by atoms with Crippen molar-refractivity contribution in [2.24, 2.45) is 0 Å². The van der Waals surface area contributed by atoms with Crippen molar-refractivity contribution in [2.45, 2.75) is 26.7 Å². The first kappa shape index (κ1) is 12.2. The summed E-state index contributed by atoms with van der Waals surface area (Å²) in [6.45, 7) is 7.31. The van der Waals surface area contributed by atoms with Gasteiger partial charge < -0.3 is 5.32 Å². The third kappa shape index (κ3) is 2.52. The van der Waals surface area contributed by atoms with E-state index in [1.807, 2.05) is 18.2 Å². The summed E-state index contributed by atoms with van der Waals surface area (Å²) < 4.78 is 0. The Hall–Kier alpha value is -1.28. The molecule has 0 radical (unpaired) electrons. The molecule has 1 N–H and O–H groups in total. The van der Waals surface area contributed by atoms with E-state index in [0.29, 0.717) is 5.92 Å². The summed E-state index contributed by atoms with van der Waals surface area (Å²) >= 11 is 6.01. The third-order valence-corrected chi connectivity index (χ3v) is 3.01. The molecule has 2 rings (SSSR count). The van der Waals surface area contributed by atoms with E-state index in [9.17, 15) is 0 Å². The Balaban J connectivity index is 2.63. The van der Waals surface area contributed by atoms with Crippen molar-refractivity contribution in [3.8, 4) is 0 Å². The maximum absolute atomic E-state index is 6.01. The molecule has 0 aliphatic heterocycles. The van der Waals surface area contributed by atoms with Crippen LogP contribution in [-0.2, 0) is 0 Å². The van der Waals surface area contributed by atoms with Crippen LogP contribution in [0.1, 0.15) is 32.3 Å². The normalized spacial score (nSPS) is 11.1. The highest BCUT2D eigenvalue weighted by molar-refractivity contribution is 6.31. The van der Waals surface area contributed by atoms with Gasteiger partial charge in [-0.2, -0.15) is 0 Å². The topological polar surface area (TPSA) is 24.9 Å². The maximum atomic E-state index is 6.01. The Bertz CT molecular complexity index is 535. The molecule has 0 fully saturated rings. The lowest BCUT2D eigenvalue weighted by Gasteiger charge is -2.14. The molecule has 90 valence electrons. The van der Waals surface area contributed by atoms with Crippen LogP contribution in [0.5, 0.6) is 0 Å². The van der Waals surface area contributed by atoms with E-state index in [1.54, 1.807) is 0 Å². The molecule has 0 amide bonds. The van der Waals surface area contributed by atoms with Crippen LogP contribution in [0.3, 0.4) is 0 Å². The van der Waals surface area contributed by atoms with E-state index in [4.69, 9.17) is 11.6 Å². The molecule has 0 spiro atoms. The summed E-state index contributed by atoms with van der Waals surface area (Å²) in [5, 5.41) is 5.17. The van der Waals surface area contributed by atoms with E-state index < -0.39 is 0 Å². The van der Waals surface area contributed by atoms with Gasteiger partial charge in [-0.1, -0.05) is 25.4 Å². The second-order valence-electron chi connectivity index (χ2n) is 4.45. The van der Waals surface area contributed by atoms with Gasteiger partial charge in [0.1, 0.15) is 5.82 Å². The highest BCUT2D eigenvalue weighted by atomic mass is 35.5. The molecule has 2 aromatic rings. The Kier molecular flexibility index (Phi) is 3.53. The van der Waals surface area contributed by atoms with Gasteiger partial charge in [0.05, 0.1) is 5.52 Å². The Morgan fingerprint density at radius 1 is 1.29 bits per heavy atom. The summed E-state index contributed by atoms with van der Waals surface area (Å²) in [6.07, 6.45) is 0. The predicted molar refractivity (Wildman–Crippen MR) is 75.0 cm³/mol. The van der Waals surface area contributed by atoms with E-state index in [2.05, 4.69) is 37.1 Å². The molecule has 1 aromatic carbocycles. The van der Waals surface area contributed by atoms with Gasteiger partial charge in [0, 0.05) is 17.0 Å². The predicted octanol–water partition coefficient (Wildman–Crippen LogP) is 4.44. The van der Waals surface area contributed by atoms with Crippen LogP contribution in [0, 0.1) is 0 Å². The summed E-state index contributed by atoms with van der Waals surface area (Å²) in [6, 6.07) is 7.98. The lowest BCUT2D eigenvalue weighted by molar-refractivity contribution is 0.862. The SMILES string of the molecule is CCNc1nc2ccc(Cl)cc2cc1C(C)C. The number of aromatic nitrogens is 1. The third-order valence-electron chi connectivity index (χ3n) is 2.77. The molecule has 0 atom stereocenters. The van der Waals surface area contributed by atoms with Gasteiger partial charge in [0.15, 0.2) is 0 Å². The van der Waals surface area contributed by atoms with Gasteiger partial charge in [0.25, 0.3) is 0 Å². The molecule has 0 unspecified atom stereocenters. The van der Waals surface area contributed by atoms with Crippen LogP contribution in [0.4, 0.5) is 5.82 Å². The van der Waals surface area contributed by atoms with Crippen molar-refractivity contribution >= 4 is 28.3 Å². The summed E-state index contributed by atoms with van der Waals surface area (Å²) in [7, 11) is 0. The molecule has 17 heavy (non-hydrogen) atoms. The monoisotopic (exact) mass is 248 g/mol. The van der Waals surface area contributed by atoms with Crippen LogP contribution in [-0.4, -0.2) is 11.5 Å². The minimum atomic E-state index is 0.444. The zero-order chi connectivity index (χ0) is 12.4. The quantitative estimate of drug-likeness (QED) is 0.869. The Labute approximate surface area is 107 Å². The number of nitrogens with one attached hydrogen (secondary N) is 1. The minimum absolute atomic E-state index is 0.444. The Morgan fingerprint density at radius 3 is 2.71 bits per heavy atom. The van der Waals surface area contributed by atoms with Crippen molar-refractivity contribution in [3.63, 3.8) is 0 Å². The first-order chi connectivity index (χ1) is 8.11. The average molecular weight is 249 g/mol. The molecule has 0 saturated heterocycles. The van der Waals surface area contributed by atoms with Crippen molar-refractivity contribution in [3.05, 3.63) is 34.9 Å². The lowest BCUT2D eigenvalue weighted by atomic mass is 10.0. The molecule has 0 aliphatic rings. The van der Waals surface area contributed by atoms with Crippen LogP contribution in [0.15, 0.2) is 24.3 Å². The van der Waals surface area contributed by atoms with Gasteiger partial charge in [0.2, 0.25) is 0 Å². The van der Waals surface area contributed by atoms with Gasteiger partial charge in [-0.25, -0.2) is 4.98 Å². The highest BCUT2D eigenvalue weighted by Gasteiger charge is 2.09. The number of hydrogen-bond donors (Lipinski definition) is 1. The van der Waals surface area contributed by atoms with Crippen molar-refractivity contribution in [2.75, 3.05) is 11.9 Å². The maximum Gasteiger partial charge on any atom is 0.130 e. The molecule has 0 saturated carbocycles. The van der Waals surface area contributed by atoms with Gasteiger partial charge >= 0.3 is 0 Å². The molecular formula is C14H17ClN2. The molecule has 2 nitrogen and oxygen atoms in total. The van der Waals surface area contributed by atoms with E-state index in [1.165, 1.54) is 5.56 Å². The standard InChI is InChI=1S/C14H17ClN2/c1-4-16-14-12(9(2)3)8-10-7-11(15)5-6-13(10)17-14/h5-9H,4H2,1-3H3,(H,16,17). The van der Waals surface area contributed by atoms with Crippen LogP contribution in [0.2, 0.25) is 5.02 Å². The number of benzene rings is 1. The van der Waals surface area contributed by atoms with E-state index >= 15 is 0 Å². The van der Waals surface area contributed by atoms with Crippen molar-refractivity contribution in [1.82, 2.24) is 4.98 Å². The fourth-order valence-electron chi connectivity index (χ4n) is 1.91. The van der Waals surface area contributed by atoms with Gasteiger partial charge in [-0.15, -0.1) is 0 Å². The minimum Gasteiger partial charge on any atom is -0.370 e. The first-order valence-corrected chi connectivity index (χ1v) is 6.33. The van der Waals surface area contributed by atoms with Gasteiger partial charge in [-0.05, 0) is 42.7 Å². The smallest absolute Gasteiger partial charge is 0.130 e. The largest absolute Gasteiger partial charge is 0.370 e. The fraction of sp³-hybridized carbons (Fsp3) is 0.357. The fourth-order valence-corrected chi connectivity index (χ4v) is 2.09. The molecule has 1 aromatic heterocycles. The summed E-state index contributed by atoms with van der Waals surface area (Å²) in [5.74, 6) is 1.43. The van der Waals surface area contributed by atoms with Crippen LogP contribution < -0.4 is 5.32 Å². The van der Waals surface area contributed by atoms with Crippen LogP contribution in [0.25, 0.3) is 10.9 Å². The number of anilines is 1. The van der Waals surface area contributed by atoms with Gasteiger partial charge in [-0.3, -0.25) is 0 Å². The molecule has 1 heterocycles. The number of fused-ring (bicyclic) bond motifs is 1. The number of halogens is 1. The van der Waals surface area contributed by atoms with Crippen molar-refractivity contribution < 1.29 is 0 Å². The summed E-state index contributed by atoms with van der Waals surface area (Å²) in [4.78, 5) is 4.66. The van der Waals surface area contributed by atoms with E-state index in [0.717, 1.165) is 28.3 Å². The van der Waals surface area contributed by atoms with E-state index in [-0.39, 0.29) is 0 Å². The second-order valence-corrected chi connectivity index (χ2v) is 4.88. The van der Waals surface area contributed by atoms with Crippen LogP contribution >= 0.6 is 11.6 Å². The molecule has 3 heteroatoms. The second kappa shape index (κ2) is 4.92. The lowest BCUT2D eigenvalue weighted by Crippen LogP contribution is -2.04. The zero-order valence-electron chi connectivity index (χ0n) is 10.4. The summed E-state index contributed by atoms with van der Waals surface area (Å²) in [5.41, 5.74) is 2.22. The zero-order valence-corrected chi connectivity index (χ0v) is 11.2. The van der Waals surface area contributed by atoms with Crippen molar-refractivity contribution in [1.29, 1.82) is 0 Å². The first-order valence-electron chi connectivity index (χ1n) is 5.96. The number of pyridine rings is 1. The molecule has 0 aliphatic carbocycles. The molecule has 0 bridgehead atoms. The number of nitrogens with zero attached hydrogens (tertiary/aromatic N) is 1. The number of rotatable bonds is 3. The Morgan fingerprint density at radius 2 is 2.06 bits per heavy atom. The molecular weight excluding hydrogens is 232 g/mol.